The molecule has 1 aliphatic rings. The third-order valence-corrected chi connectivity index (χ3v) is 3.69. The number of hydrogen-bond donors (Lipinski definition) is 1. The van der Waals surface area contributed by atoms with Crippen LogP contribution in [0.15, 0.2) is 30.3 Å². The van der Waals surface area contributed by atoms with Crippen molar-refractivity contribution in [1.82, 2.24) is 9.78 Å². The normalized spacial score (nSPS) is 16.3. The second-order valence-electron chi connectivity index (χ2n) is 4.86. The van der Waals surface area contributed by atoms with Crippen LogP contribution in [0.3, 0.4) is 0 Å². The minimum absolute atomic E-state index is 0.277. The maximum atomic E-state index is 13.9. The Bertz CT molecular complexity index is 645. The van der Waals surface area contributed by atoms with Gasteiger partial charge in [-0.25, -0.2) is 9.18 Å². The average molecular weight is 260 g/mol. The Morgan fingerprint density at radius 1 is 1.37 bits per heavy atom. The van der Waals surface area contributed by atoms with Gasteiger partial charge >= 0.3 is 5.97 Å². The third kappa shape index (κ3) is 1.65. The molecule has 19 heavy (non-hydrogen) atoms. The molecule has 98 valence electrons. The minimum atomic E-state index is -1.33. The van der Waals surface area contributed by atoms with Crippen LogP contribution in [-0.2, 0) is 5.54 Å². The molecule has 5 heteroatoms. The number of rotatable bonds is 3. The maximum absolute atomic E-state index is 13.9. The van der Waals surface area contributed by atoms with Gasteiger partial charge in [0.2, 0.25) is 5.69 Å². The molecule has 4 nitrogen and oxygen atoms in total. The zero-order valence-corrected chi connectivity index (χ0v) is 10.4. The Morgan fingerprint density at radius 2 is 2.00 bits per heavy atom. The van der Waals surface area contributed by atoms with Crippen LogP contribution in [0.4, 0.5) is 4.39 Å². The summed E-state index contributed by atoms with van der Waals surface area (Å²) in [6.07, 6.45) is 1.69. The van der Waals surface area contributed by atoms with E-state index in [2.05, 4.69) is 5.10 Å². The van der Waals surface area contributed by atoms with Crippen LogP contribution in [0.2, 0.25) is 0 Å². The second kappa shape index (κ2) is 3.91. The Labute approximate surface area is 109 Å². The summed E-state index contributed by atoms with van der Waals surface area (Å²) in [6, 6.07) is 9.68. The van der Waals surface area contributed by atoms with Gasteiger partial charge in [-0.3, -0.25) is 4.68 Å². The quantitative estimate of drug-likeness (QED) is 0.922. The molecule has 1 heterocycles. The van der Waals surface area contributed by atoms with Crippen molar-refractivity contribution in [3.8, 4) is 0 Å². The van der Waals surface area contributed by atoms with Crippen molar-refractivity contribution in [3.63, 3.8) is 0 Å². The van der Waals surface area contributed by atoms with Crippen molar-refractivity contribution in [1.29, 1.82) is 0 Å². The molecule has 3 rings (SSSR count). The molecule has 0 radical (unpaired) electrons. The third-order valence-electron chi connectivity index (χ3n) is 3.69. The summed E-state index contributed by atoms with van der Waals surface area (Å²) >= 11 is 0. The number of aromatic nitrogens is 2. The molecule has 0 saturated heterocycles. The number of carbonyl (C=O) groups is 1. The molecule has 0 unspecified atom stereocenters. The molecular weight excluding hydrogens is 247 g/mol. The first-order valence-electron chi connectivity index (χ1n) is 6.11. The van der Waals surface area contributed by atoms with Gasteiger partial charge in [-0.05, 0) is 25.3 Å². The standard InChI is InChI=1S/C14H13FN2O2/c1-9-11(15)12(13(18)19)16-17(9)14(7-8-14)10-5-3-2-4-6-10/h2-6H,7-8H2,1H3,(H,18,19). The van der Waals surface area contributed by atoms with Crippen LogP contribution >= 0.6 is 0 Å². The molecule has 1 aromatic heterocycles. The van der Waals surface area contributed by atoms with E-state index in [-0.39, 0.29) is 11.2 Å². The highest BCUT2D eigenvalue weighted by Gasteiger charge is 2.49. The average Bonchev–Trinajstić information content (AvgIpc) is 3.15. The molecule has 0 spiro atoms. The fraction of sp³-hybridized carbons (Fsp3) is 0.286. The van der Waals surface area contributed by atoms with Crippen molar-refractivity contribution < 1.29 is 14.3 Å². The second-order valence-corrected chi connectivity index (χ2v) is 4.86. The molecule has 1 saturated carbocycles. The van der Waals surface area contributed by atoms with Crippen molar-refractivity contribution >= 4 is 5.97 Å². The van der Waals surface area contributed by atoms with Crippen molar-refractivity contribution in [2.45, 2.75) is 25.3 Å². The van der Waals surface area contributed by atoms with Gasteiger partial charge in [0.25, 0.3) is 0 Å². The highest BCUT2D eigenvalue weighted by Crippen LogP contribution is 2.49. The minimum Gasteiger partial charge on any atom is -0.476 e. The van der Waals surface area contributed by atoms with E-state index in [1.165, 1.54) is 4.68 Å². The van der Waals surface area contributed by atoms with Crippen LogP contribution in [-0.4, -0.2) is 20.9 Å². The van der Waals surface area contributed by atoms with E-state index in [9.17, 15) is 9.18 Å². The molecule has 2 aromatic rings. The fourth-order valence-corrected chi connectivity index (χ4v) is 2.53. The highest BCUT2D eigenvalue weighted by atomic mass is 19.1. The van der Waals surface area contributed by atoms with Crippen molar-refractivity contribution in [3.05, 3.63) is 53.1 Å². The van der Waals surface area contributed by atoms with E-state index in [1.807, 2.05) is 30.3 Å². The predicted molar refractivity (Wildman–Crippen MR) is 66.6 cm³/mol. The Hall–Kier alpha value is -2.17. The molecule has 1 aromatic carbocycles. The van der Waals surface area contributed by atoms with Crippen LogP contribution < -0.4 is 0 Å². The topological polar surface area (TPSA) is 55.1 Å². The molecule has 1 N–H and O–H groups in total. The molecule has 0 amide bonds. The van der Waals surface area contributed by atoms with E-state index in [0.717, 1.165) is 18.4 Å². The first-order chi connectivity index (χ1) is 9.06. The summed E-state index contributed by atoms with van der Waals surface area (Å²) in [6.45, 7) is 1.57. The SMILES string of the molecule is Cc1c(F)c(C(=O)O)nn1C1(c2ccccc2)CC1. The van der Waals surface area contributed by atoms with Crippen molar-refractivity contribution in [2.24, 2.45) is 0 Å². The van der Waals surface area contributed by atoms with Gasteiger partial charge in [0.15, 0.2) is 5.82 Å². The first kappa shape index (κ1) is 11.9. The predicted octanol–water partition coefficient (Wildman–Crippen LogP) is 2.57. The van der Waals surface area contributed by atoms with E-state index < -0.39 is 17.5 Å². The van der Waals surface area contributed by atoms with Gasteiger partial charge in [-0.2, -0.15) is 5.10 Å². The highest BCUT2D eigenvalue weighted by molar-refractivity contribution is 5.85. The lowest BCUT2D eigenvalue weighted by Gasteiger charge is -2.18. The number of carboxylic acid groups (broad SMARTS) is 1. The van der Waals surface area contributed by atoms with Crippen LogP contribution in [0.1, 0.15) is 34.6 Å². The lowest BCUT2D eigenvalue weighted by molar-refractivity contribution is 0.0684. The Balaban J connectivity index is 2.13. The van der Waals surface area contributed by atoms with E-state index in [1.54, 1.807) is 6.92 Å². The molecule has 0 aliphatic heterocycles. The number of nitrogens with zero attached hydrogens (tertiary/aromatic N) is 2. The zero-order chi connectivity index (χ0) is 13.6. The van der Waals surface area contributed by atoms with Gasteiger partial charge in [0.1, 0.15) is 0 Å². The van der Waals surface area contributed by atoms with E-state index >= 15 is 0 Å². The number of carboxylic acids is 1. The van der Waals surface area contributed by atoms with Crippen molar-refractivity contribution in [2.75, 3.05) is 0 Å². The number of halogens is 1. The lowest BCUT2D eigenvalue weighted by Crippen LogP contribution is -2.21. The van der Waals surface area contributed by atoms with Crippen LogP contribution in [0.5, 0.6) is 0 Å². The molecule has 0 bridgehead atoms. The zero-order valence-electron chi connectivity index (χ0n) is 10.4. The maximum Gasteiger partial charge on any atom is 0.359 e. The smallest absolute Gasteiger partial charge is 0.359 e. The fourth-order valence-electron chi connectivity index (χ4n) is 2.53. The van der Waals surface area contributed by atoms with E-state index in [4.69, 9.17) is 5.11 Å². The number of benzene rings is 1. The largest absolute Gasteiger partial charge is 0.476 e. The summed E-state index contributed by atoms with van der Waals surface area (Å²) in [5.41, 5.74) is 0.441. The summed E-state index contributed by atoms with van der Waals surface area (Å²) in [7, 11) is 0. The Morgan fingerprint density at radius 3 is 2.47 bits per heavy atom. The number of hydrogen-bond acceptors (Lipinski definition) is 2. The molecule has 1 fully saturated rings. The summed E-state index contributed by atoms with van der Waals surface area (Å²) in [5.74, 6) is -2.07. The molecule has 1 aliphatic carbocycles. The summed E-state index contributed by atoms with van der Waals surface area (Å²) < 4.78 is 15.4. The first-order valence-corrected chi connectivity index (χ1v) is 6.11. The van der Waals surface area contributed by atoms with Gasteiger partial charge in [-0.15, -0.1) is 0 Å². The molecule has 0 atom stereocenters. The van der Waals surface area contributed by atoms with Crippen LogP contribution in [0, 0.1) is 12.7 Å². The van der Waals surface area contributed by atoms with Gasteiger partial charge in [-0.1, -0.05) is 30.3 Å². The van der Waals surface area contributed by atoms with E-state index in [0.29, 0.717) is 0 Å². The summed E-state index contributed by atoms with van der Waals surface area (Å²) in [4.78, 5) is 11.0. The van der Waals surface area contributed by atoms with Gasteiger partial charge < -0.3 is 5.11 Å². The van der Waals surface area contributed by atoms with Gasteiger partial charge in [0.05, 0.1) is 11.2 Å². The Kier molecular flexibility index (Phi) is 2.45. The summed E-state index contributed by atoms with van der Waals surface area (Å²) in [5, 5.41) is 12.9. The van der Waals surface area contributed by atoms with Gasteiger partial charge in [0, 0.05) is 0 Å². The van der Waals surface area contributed by atoms with Crippen LogP contribution in [0.25, 0.3) is 0 Å². The monoisotopic (exact) mass is 260 g/mol. The number of aromatic carboxylic acids is 1. The molecular formula is C14H13FN2O2. The lowest BCUT2D eigenvalue weighted by atomic mass is 10.1.